The number of nitrogens with zero attached hydrogens (tertiary/aromatic N) is 2. The van der Waals surface area contributed by atoms with Gasteiger partial charge in [-0.15, -0.1) is 0 Å². The van der Waals surface area contributed by atoms with E-state index in [9.17, 15) is 4.79 Å². The van der Waals surface area contributed by atoms with Gasteiger partial charge in [0.05, 0.1) is 26.6 Å². The number of aromatic nitrogens is 2. The van der Waals surface area contributed by atoms with Crippen molar-refractivity contribution in [2.45, 2.75) is 6.54 Å². The third kappa shape index (κ3) is 2.24. The molecule has 0 aliphatic carbocycles. The molecule has 1 rings (SSSR count). The summed E-state index contributed by atoms with van der Waals surface area (Å²) < 4.78 is 11.1. The lowest BCUT2D eigenvalue weighted by Gasteiger charge is -2.06. The van der Waals surface area contributed by atoms with Gasteiger partial charge < -0.3 is 9.47 Å². The first-order valence-corrected chi connectivity index (χ1v) is 4.36. The molecule has 0 atom stereocenters. The van der Waals surface area contributed by atoms with Crippen LogP contribution < -0.4 is 10.3 Å². The van der Waals surface area contributed by atoms with Crippen molar-refractivity contribution in [1.82, 2.24) is 9.55 Å². The van der Waals surface area contributed by atoms with E-state index in [1.165, 1.54) is 18.0 Å². The molecular weight excluding hydrogens is 208 g/mol. The molecule has 0 radical (unpaired) electrons. The van der Waals surface area contributed by atoms with E-state index >= 15 is 0 Å². The lowest BCUT2D eigenvalue weighted by Crippen LogP contribution is -2.23. The van der Waals surface area contributed by atoms with Crippen molar-refractivity contribution in [2.24, 2.45) is 0 Å². The molecule has 1 aromatic rings. The molecule has 0 bridgehead atoms. The van der Waals surface area contributed by atoms with Crippen molar-refractivity contribution in [3.05, 3.63) is 21.8 Å². The Labute approximate surface area is 86.2 Å². The van der Waals surface area contributed by atoms with E-state index in [2.05, 4.69) is 4.98 Å². The number of halogens is 1. The van der Waals surface area contributed by atoms with Crippen molar-refractivity contribution >= 4 is 11.6 Å². The zero-order valence-corrected chi connectivity index (χ0v) is 8.74. The van der Waals surface area contributed by atoms with Gasteiger partial charge in [-0.25, -0.2) is 4.98 Å². The highest BCUT2D eigenvalue weighted by atomic mass is 35.5. The Bertz CT molecular complexity index is 364. The Morgan fingerprint density at radius 1 is 1.57 bits per heavy atom. The minimum Gasteiger partial charge on any atom is -0.489 e. The van der Waals surface area contributed by atoms with Crippen LogP contribution in [-0.2, 0) is 11.3 Å². The maximum atomic E-state index is 11.6. The van der Waals surface area contributed by atoms with Crippen LogP contribution in [0.5, 0.6) is 5.75 Å². The number of hydrogen-bond acceptors (Lipinski definition) is 4. The topological polar surface area (TPSA) is 53.4 Å². The van der Waals surface area contributed by atoms with Gasteiger partial charge in [-0.3, -0.25) is 9.36 Å². The molecule has 1 heterocycles. The quantitative estimate of drug-likeness (QED) is 0.693. The van der Waals surface area contributed by atoms with Gasteiger partial charge in [-0.05, 0) is 0 Å². The van der Waals surface area contributed by atoms with Gasteiger partial charge in [0.25, 0.3) is 5.56 Å². The van der Waals surface area contributed by atoms with Crippen LogP contribution in [0.4, 0.5) is 0 Å². The average molecular weight is 219 g/mol. The average Bonchev–Trinajstić information content (AvgIpc) is 2.18. The molecule has 0 amide bonds. The Hall–Kier alpha value is -1.07. The molecule has 0 aliphatic heterocycles. The van der Waals surface area contributed by atoms with E-state index < -0.39 is 0 Å². The molecule has 1 aromatic heterocycles. The SMILES string of the molecule is COCCn1cnc(Cl)c(OC)c1=O. The van der Waals surface area contributed by atoms with Crippen LogP contribution in [0.15, 0.2) is 11.1 Å². The minimum absolute atomic E-state index is 0.0604. The van der Waals surface area contributed by atoms with Crippen molar-refractivity contribution < 1.29 is 9.47 Å². The van der Waals surface area contributed by atoms with Crippen LogP contribution in [0.2, 0.25) is 5.15 Å². The largest absolute Gasteiger partial charge is 0.489 e. The van der Waals surface area contributed by atoms with E-state index in [-0.39, 0.29) is 16.5 Å². The predicted molar refractivity (Wildman–Crippen MR) is 51.9 cm³/mol. The lowest BCUT2D eigenvalue weighted by atomic mass is 10.5. The Balaban J connectivity index is 3.02. The fraction of sp³-hybridized carbons (Fsp3) is 0.500. The first kappa shape index (κ1) is 11.0. The zero-order chi connectivity index (χ0) is 10.6. The molecule has 0 spiro atoms. The first-order valence-electron chi connectivity index (χ1n) is 3.98. The summed E-state index contributed by atoms with van der Waals surface area (Å²) in [6.07, 6.45) is 1.37. The fourth-order valence-corrected chi connectivity index (χ4v) is 1.17. The van der Waals surface area contributed by atoms with Crippen LogP contribution in [0.3, 0.4) is 0 Å². The molecule has 0 fully saturated rings. The van der Waals surface area contributed by atoms with Crippen molar-refractivity contribution in [2.75, 3.05) is 20.8 Å². The zero-order valence-electron chi connectivity index (χ0n) is 7.99. The monoisotopic (exact) mass is 218 g/mol. The van der Waals surface area contributed by atoms with Gasteiger partial charge in [0.15, 0.2) is 5.15 Å². The maximum absolute atomic E-state index is 11.6. The van der Waals surface area contributed by atoms with E-state index in [4.69, 9.17) is 21.1 Å². The second kappa shape index (κ2) is 4.97. The summed E-state index contributed by atoms with van der Waals surface area (Å²) in [5, 5.41) is 0.0752. The maximum Gasteiger partial charge on any atom is 0.297 e. The van der Waals surface area contributed by atoms with E-state index in [0.717, 1.165) is 0 Å². The molecule has 0 aromatic carbocycles. The van der Waals surface area contributed by atoms with E-state index in [0.29, 0.717) is 13.2 Å². The molecule has 0 unspecified atom stereocenters. The highest BCUT2D eigenvalue weighted by Crippen LogP contribution is 2.14. The van der Waals surface area contributed by atoms with Gasteiger partial charge in [0, 0.05) is 7.11 Å². The minimum atomic E-state index is -0.301. The van der Waals surface area contributed by atoms with Crippen LogP contribution in [0, 0.1) is 0 Å². The number of methoxy groups -OCH3 is 2. The van der Waals surface area contributed by atoms with Crippen LogP contribution in [0.25, 0.3) is 0 Å². The van der Waals surface area contributed by atoms with Crippen molar-refractivity contribution in [3.8, 4) is 5.75 Å². The third-order valence-electron chi connectivity index (χ3n) is 1.69. The van der Waals surface area contributed by atoms with Crippen LogP contribution in [0.1, 0.15) is 0 Å². The Morgan fingerprint density at radius 3 is 2.86 bits per heavy atom. The van der Waals surface area contributed by atoms with Gasteiger partial charge >= 0.3 is 0 Å². The fourth-order valence-electron chi connectivity index (χ4n) is 0.971. The second-order valence-corrected chi connectivity index (χ2v) is 2.92. The summed E-state index contributed by atoms with van der Waals surface area (Å²) >= 11 is 5.65. The molecule has 0 saturated carbocycles. The standard InChI is InChI=1S/C8H11ClN2O3/c1-13-4-3-11-5-10-7(9)6(14-2)8(11)12/h5H,3-4H2,1-2H3. The first-order chi connectivity index (χ1) is 6.70. The van der Waals surface area contributed by atoms with Gasteiger partial charge in [0.1, 0.15) is 0 Å². The lowest BCUT2D eigenvalue weighted by molar-refractivity contribution is 0.185. The molecule has 14 heavy (non-hydrogen) atoms. The smallest absolute Gasteiger partial charge is 0.297 e. The molecule has 0 saturated heterocycles. The highest BCUT2D eigenvalue weighted by Gasteiger charge is 2.09. The molecule has 6 heteroatoms. The third-order valence-corrected chi connectivity index (χ3v) is 1.96. The second-order valence-electron chi connectivity index (χ2n) is 2.56. The predicted octanol–water partition coefficient (Wildman–Crippen LogP) is 0.552. The molecule has 78 valence electrons. The number of rotatable bonds is 4. The van der Waals surface area contributed by atoms with E-state index in [1.807, 2.05) is 0 Å². The van der Waals surface area contributed by atoms with Crippen molar-refractivity contribution in [1.29, 1.82) is 0 Å². The molecule has 0 aliphatic rings. The number of ether oxygens (including phenoxy) is 2. The summed E-state index contributed by atoms with van der Waals surface area (Å²) in [7, 11) is 2.94. The Kier molecular flexibility index (Phi) is 3.91. The van der Waals surface area contributed by atoms with Gasteiger partial charge in [0.2, 0.25) is 5.75 Å². The van der Waals surface area contributed by atoms with E-state index in [1.54, 1.807) is 7.11 Å². The van der Waals surface area contributed by atoms with Crippen LogP contribution in [-0.4, -0.2) is 30.4 Å². The summed E-state index contributed by atoms with van der Waals surface area (Å²) in [5.74, 6) is 0.0604. The molecule has 0 N–H and O–H groups in total. The molecule has 5 nitrogen and oxygen atoms in total. The summed E-state index contributed by atoms with van der Waals surface area (Å²) in [6.45, 7) is 0.863. The summed E-state index contributed by atoms with van der Waals surface area (Å²) in [6, 6.07) is 0. The molecular formula is C8H11ClN2O3. The summed E-state index contributed by atoms with van der Waals surface area (Å²) in [5.41, 5.74) is -0.301. The number of hydrogen-bond donors (Lipinski definition) is 0. The van der Waals surface area contributed by atoms with Gasteiger partial charge in [-0.2, -0.15) is 0 Å². The summed E-state index contributed by atoms with van der Waals surface area (Å²) in [4.78, 5) is 15.4. The van der Waals surface area contributed by atoms with Crippen LogP contribution >= 0.6 is 11.6 Å². The Morgan fingerprint density at radius 2 is 2.29 bits per heavy atom. The highest BCUT2D eigenvalue weighted by molar-refractivity contribution is 6.30. The van der Waals surface area contributed by atoms with Gasteiger partial charge in [-0.1, -0.05) is 11.6 Å². The normalized spacial score (nSPS) is 10.2. The van der Waals surface area contributed by atoms with Crippen molar-refractivity contribution in [3.63, 3.8) is 0 Å².